The molecule has 0 spiro atoms. The molecule has 1 aromatic heterocycles. The molecule has 0 aliphatic heterocycles. The summed E-state index contributed by atoms with van der Waals surface area (Å²) in [5.74, 6) is 0.801. The molecule has 1 fully saturated rings. The first-order chi connectivity index (χ1) is 22.7. The zero-order valence-electron chi connectivity index (χ0n) is 26.5. The minimum Gasteiger partial charge on any atom is -0.228 e. The lowest BCUT2D eigenvalue weighted by molar-refractivity contribution is 0.346. The number of aryl methyl sites for hydroxylation is 1. The van der Waals surface area contributed by atoms with E-state index in [1.807, 2.05) is 0 Å². The molecule has 0 atom stereocenters. The molecule has 0 bridgehead atoms. The van der Waals surface area contributed by atoms with E-state index in [1.165, 1.54) is 65.5 Å². The predicted octanol–water partition coefficient (Wildman–Crippen LogP) is 11.4. The number of hydrogen-bond acceptors (Lipinski definition) is 2. The van der Waals surface area contributed by atoms with Crippen LogP contribution in [0.3, 0.4) is 0 Å². The molecular formula is C44H40N2. The van der Waals surface area contributed by atoms with Gasteiger partial charge in [0.05, 0.1) is 11.4 Å². The molecule has 2 nitrogen and oxygen atoms in total. The summed E-state index contributed by atoms with van der Waals surface area (Å²) in [6, 6.07) is 38.4. The van der Waals surface area contributed by atoms with E-state index < -0.39 is 0 Å². The molecule has 226 valence electrons. The lowest BCUT2D eigenvalue weighted by Crippen LogP contribution is -2.30. The van der Waals surface area contributed by atoms with Gasteiger partial charge in [0.25, 0.3) is 0 Å². The molecular weight excluding hydrogens is 556 g/mol. The van der Waals surface area contributed by atoms with E-state index in [4.69, 9.17) is 9.97 Å². The van der Waals surface area contributed by atoms with E-state index in [-0.39, 0.29) is 5.41 Å². The Morgan fingerprint density at radius 2 is 1.17 bits per heavy atom. The monoisotopic (exact) mass is 596 g/mol. The number of allylic oxidation sites excluding steroid dienone is 5. The summed E-state index contributed by atoms with van der Waals surface area (Å²) in [6.07, 6.45) is 21.9. The van der Waals surface area contributed by atoms with E-state index in [2.05, 4.69) is 134 Å². The van der Waals surface area contributed by atoms with Crippen molar-refractivity contribution in [1.82, 2.24) is 9.97 Å². The van der Waals surface area contributed by atoms with Crippen molar-refractivity contribution in [2.24, 2.45) is 0 Å². The van der Waals surface area contributed by atoms with Crippen molar-refractivity contribution in [3.8, 4) is 33.6 Å². The maximum Gasteiger partial charge on any atom is 0.160 e. The molecule has 5 aromatic rings. The van der Waals surface area contributed by atoms with Gasteiger partial charge in [0.2, 0.25) is 0 Å². The van der Waals surface area contributed by atoms with Crippen LogP contribution in [0, 0.1) is 0 Å². The molecule has 4 aromatic carbocycles. The summed E-state index contributed by atoms with van der Waals surface area (Å²) >= 11 is 0. The SMILES string of the molecule is C1=CC(c2nc(-c3ccccc3)cc(-c3ccc(C4(c5ccc(-c6ccc7c(c6)C=CCC7)cc5)CCCCC4)cc3)n2)=CCC1. The van der Waals surface area contributed by atoms with E-state index in [9.17, 15) is 0 Å². The van der Waals surface area contributed by atoms with Gasteiger partial charge in [-0.3, -0.25) is 0 Å². The average Bonchev–Trinajstić information content (AvgIpc) is 3.15. The minimum atomic E-state index is 0.0393. The van der Waals surface area contributed by atoms with E-state index in [1.54, 1.807) is 0 Å². The molecule has 3 aliphatic carbocycles. The first-order valence-corrected chi connectivity index (χ1v) is 17.1. The summed E-state index contributed by atoms with van der Waals surface area (Å²) in [4.78, 5) is 10.1. The molecule has 0 N–H and O–H groups in total. The van der Waals surface area contributed by atoms with Crippen LogP contribution in [0.25, 0.3) is 45.3 Å². The topological polar surface area (TPSA) is 25.8 Å². The number of aromatic nitrogens is 2. The highest BCUT2D eigenvalue weighted by molar-refractivity contribution is 5.76. The first-order valence-electron chi connectivity index (χ1n) is 17.1. The second kappa shape index (κ2) is 12.5. The third kappa shape index (κ3) is 5.58. The Balaban J connectivity index is 1.13. The fourth-order valence-corrected chi connectivity index (χ4v) is 7.71. The zero-order valence-corrected chi connectivity index (χ0v) is 26.5. The van der Waals surface area contributed by atoms with Crippen molar-refractivity contribution < 1.29 is 0 Å². The zero-order chi connectivity index (χ0) is 30.8. The van der Waals surface area contributed by atoms with E-state index >= 15 is 0 Å². The normalized spacial score (nSPS) is 16.9. The van der Waals surface area contributed by atoms with Gasteiger partial charge in [-0.25, -0.2) is 9.97 Å². The number of fused-ring (bicyclic) bond motifs is 1. The van der Waals surface area contributed by atoms with Crippen LogP contribution in [0.5, 0.6) is 0 Å². The molecule has 0 amide bonds. The lowest BCUT2D eigenvalue weighted by atomic mass is 9.65. The molecule has 3 aliphatic rings. The quantitative estimate of drug-likeness (QED) is 0.195. The molecule has 1 saturated carbocycles. The van der Waals surface area contributed by atoms with Crippen LogP contribution in [0.2, 0.25) is 0 Å². The molecule has 8 rings (SSSR count). The van der Waals surface area contributed by atoms with Crippen LogP contribution < -0.4 is 0 Å². The fourth-order valence-electron chi connectivity index (χ4n) is 7.71. The first kappa shape index (κ1) is 28.6. The van der Waals surface area contributed by atoms with Gasteiger partial charge in [0.1, 0.15) is 0 Å². The predicted molar refractivity (Wildman–Crippen MR) is 192 cm³/mol. The van der Waals surface area contributed by atoms with Crippen molar-refractivity contribution in [3.05, 3.63) is 156 Å². The highest BCUT2D eigenvalue weighted by Gasteiger charge is 2.35. The highest BCUT2D eigenvalue weighted by Crippen LogP contribution is 2.46. The van der Waals surface area contributed by atoms with Crippen LogP contribution in [0.1, 0.15) is 79.4 Å². The van der Waals surface area contributed by atoms with Crippen LogP contribution in [-0.4, -0.2) is 9.97 Å². The second-order valence-corrected chi connectivity index (χ2v) is 13.1. The van der Waals surface area contributed by atoms with E-state index in [0.29, 0.717) is 0 Å². The smallest absolute Gasteiger partial charge is 0.160 e. The Morgan fingerprint density at radius 3 is 1.87 bits per heavy atom. The van der Waals surface area contributed by atoms with Gasteiger partial charge in [-0.2, -0.15) is 0 Å². The highest BCUT2D eigenvalue weighted by atomic mass is 14.9. The summed E-state index contributed by atoms with van der Waals surface area (Å²) in [7, 11) is 0. The van der Waals surface area contributed by atoms with Crippen molar-refractivity contribution >= 4 is 11.6 Å². The van der Waals surface area contributed by atoms with Gasteiger partial charge < -0.3 is 0 Å². The Morgan fingerprint density at radius 1 is 0.522 bits per heavy atom. The van der Waals surface area contributed by atoms with Crippen molar-refractivity contribution in [1.29, 1.82) is 0 Å². The van der Waals surface area contributed by atoms with Gasteiger partial charge in [-0.15, -0.1) is 0 Å². The van der Waals surface area contributed by atoms with Crippen molar-refractivity contribution in [2.75, 3.05) is 0 Å². The van der Waals surface area contributed by atoms with Crippen LogP contribution in [0.15, 0.2) is 127 Å². The second-order valence-electron chi connectivity index (χ2n) is 13.1. The molecule has 0 unspecified atom stereocenters. The Hall–Kier alpha value is -4.82. The summed E-state index contributed by atoms with van der Waals surface area (Å²) in [6.45, 7) is 0. The molecule has 0 saturated heterocycles. The molecule has 0 radical (unpaired) electrons. The molecule has 1 heterocycles. The van der Waals surface area contributed by atoms with Gasteiger partial charge in [-0.05, 0) is 84.0 Å². The van der Waals surface area contributed by atoms with Gasteiger partial charge in [0, 0.05) is 22.1 Å². The number of nitrogens with zero attached hydrogens (tertiary/aromatic N) is 2. The molecule has 46 heavy (non-hydrogen) atoms. The van der Waals surface area contributed by atoms with Gasteiger partial charge >= 0.3 is 0 Å². The number of benzene rings is 4. The number of hydrogen-bond donors (Lipinski definition) is 0. The summed E-state index contributed by atoms with van der Waals surface area (Å²) in [5.41, 5.74) is 13.6. The number of rotatable bonds is 6. The summed E-state index contributed by atoms with van der Waals surface area (Å²) in [5, 5.41) is 0. The minimum absolute atomic E-state index is 0.0393. The van der Waals surface area contributed by atoms with Crippen LogP contribution in [0.4, 0.5) is 0 Å². The third-order valence-electron chi connectivity index (χ3n) is 10.3. The van der Waals surface area contributed by atoms with Crippen molar-refractivity contribution in [3.63, 3.8) is 0 Å². The van der Waals surface area contributed by atoms with Gasteiger partial charge in [-0.1, -0.05) is 141 Å². The third-order valence-corrected chi connectivity index (χ3v) is 10.3. The fraction of sp³-hybridized carbons (Fsp3) is 0.227. The van der Waals surface area contributed by atoms with Gasteiger partial charge in [0.15, 0.2) is 5.82 Å². The van der Waals surface area contributed by atoms with Crippen molar-refractivity contribution in [2.45, 2.75) is 63.2 Å². The summed E-state index contributed by atoms with van der Waals surface area (Å²) < 4.78 is 0. The largest absolute Gasteiger partial charge is 0.228 e. The Labute approximate surface area is 273 Å². The standard InChI is InChI=1S/C44H40N2/c1-4-13-34(14-5-1)41-31-42(46-43(45-41)36-15-6-2-7-16-36)35-22-26-40(27-23-35)44(28-10-3-11-29-44)39-24-20-33(21-25-39)38-19-18-32-12-8-9-17-37(32)30-38/h1,4-6,9,13-27,30-31H,2-3,7-8,10-12,28-29H2. The maximum absolute atomic E-state index is 5.10. The Bertz CT molecular complexity index is 1940. The van der Waals surface area contributed by atoms with E-state index in [0.717, 1.165) is 59.6 Å². The molecule has 2 heteroatoms. The average molecular weight is 597 g/mol. The van der Waals surface area contributed by atoms with Crippen LogP contribution >= 0.6 is 0 Å². The van der Waals surface area contributed by atoms with Crippen LogP contribution in [-0.2, 0) is 11.8 Å². The maximum atomic E-state index is 5.10. The Kier molecular flexibility index (Phi) is 7.80. The lowest BCUT2D eigenvalue weighted by Gasteiger charge is -2.39.